The summed E-state index contributed by atoms with van der Waals surface area (Å²) in [5, 5.41) is 0. The van der Waals surface area contributed by atoms with Gasteiger partial charge < -0.3 is 4.74 Å². The standard InChI is InChI=1S/C14H18O3/c1-3-6-14-7-5-10(13(16)17-4-2)8-11(14)9-12(14)15/h3,5,7,10-11H,1,4,6,8-9H2,2H3/t10-,11-,14-/m0/s1. The molecule has 2 aliphatic rings. The topological polar surface area (TPSA) is 43.4 Å². The molecule has 1 saturated carbocycles. The van der Waals surface area contributed by atoms with Crippen LogP contribution < -0.4 is 0 Å². The van der Waals surface area contributed by atoms with Gasteiger partial charge in [-0.15, -0.1) is 6.58 Å². The Morgan fingerprint density at radius 1 is 1.71 bits per heavy atom. The molecular weight excluding hydrogens is 216 g/mol. The van der Waals surface area contributed by atoms with Gasteiger partial charge in [0.2, 0.25) is 0 Å². The highest BCUT2D eigenvalue weighted by molar-refractivity contribution is 5.94. The molecule has 2 rings (SSSR count). The molecule has 0 aromatic rings. The summed E-state index contributed by atoms with van der Waals surface area (Å²) in [7, 11) is 0. The maximum Gasteiger partial charge on any atom is 0.312 e. The first-order chi connectivity index (χ1) is 8.14. The summed E-state index contributed by atoms with van der Waals surface area (Å²) < 4.78 is 5.01. The van der Waals surface area contributed by atoms with Crippen molar-refractivity contribution in [3.63, 3.8) is 0 Å². The van der Waals surface area contributed by atoms with Crippen molar-refractivity contribution in [2.45, 2.75) is 26.2 Å². The highest BCUT2D eigenvalue weighted by Crippen LogP contribution is 2.53. The molecule has 0 aromatic carbocycles. The maximum atomic E-state index is 11.8. The van der Waals surface area contributed by atoms with Crippen LogP contribution in [0.2, 0.25) is 0 Å². The average molecular weight is 234 g/mol. The van der Waals surface area contributed by atoms with E-state index in [9.17, 15) is 9.59 Å². The Balaban J connectivity index is 2.13. The quantitative estimate of drug-likeness (QED) is 0.553. The molecule has 3 atom stereocenters. The van der Waals surface area contributed by atoms with E-state index in [4.69, 9.17) is 4.74 Å². The molecule has 3 nitrogen and oxygen atoms in total. The van der Waals surface area contributed by atoms with Crippen molar-refractivity contribution in [1.29, 1.82) is 0 Å². The van der Waals surface area contributed by atoms with Crippen molar-refractivity contribution in [1.82, 2.24) is 0 Å². The number of esters is 1. The lowest BCUT2D eigenvalue weighted by Crippen LogP contribution is -2.51. The highest BCUT2D eigenvalue weighted by atomic mass is 16.5. The Labute approximate surface area is 102 Å². The van der Waals surface area contributed by atoms with Crippen LogP contribution in [0.15, 0.2) is 24.8 Å². The van der Waals surface area contributed by atoms with Gasteiger partial charge in [0.05, 0.1) is 17.9 Å². The lowest BCUT2D eigenvalue weighted by molar-refractivity contribution is -0.152. The Kier molecular flexibility index (Phi) is 3.18. The molecule has 2 aliphatic carbocycles. The Morgan fingerprint density at radius 3 is 3.00 bits per heavy atom. The molecule has 0 bridgehead atoms. The van der Waals surface area contributed by atoms with Gasteiger partial charge in [0.25, 0.3) is 0 Å². The minimum Gasteiger partial charge on any atom is -0.466 e. The number of carbonyl (C=O) groups is 2. The fraction of sp³-hybridized carbons (Fsp3) is 0.571. The molecular formula is C14H18O3. The van der Waals surface area contributed by atoms with Crippen molar-refractivity contribution in [2.75, 3.05) is 6.61 Å². The predicted octanol–water partition coefficient (Wildman–Crippen LogP) is 2.28. The van der Waals surface area contributed by atoms with Crippen molar-refractivity contribution >= 4 is 11.8 Å². The minimum absolute atomic E-state index is 0.171. The van der Waals surface area contributed by atoms with Crippen LogP contribution in [0.25, 0.3) is 0 Å². The van der Waals surface area contributed by atoms with Crippen LogP contribution in [0, 0.1) is 17.3 Å². The van der Waals surface area contributed by atoms with Crippen molar-refractivity contribution in [3.05, 3.63) is 24.8 Å². The van der Waals surface area contributed by atoms with Gasteiger partial charge in [0.15, 0.2) is 0 Å². The first-order valence-electron chi connectivity index (χ1n) is 6.14. The Morgan fingerprint density at radius 2 is 2.47 bits per heavy atom. The van der Waals surface area contributed by atoms with Crippen LogP contribution in [0.3, 0.4) is 0 Å². The summed E-state index contributed by atoms with van der Waals surface area (Å²) >= 11 is 0. The van der Waals surface area contributed by atoms with Gasteiger partial charge in [0, 0.05) is 6.42 Å². The monoisotopic (exact) mass is 234 g/mol. The molecule has 0 saturated heterocycles. The summed E-state index contributed by atoms with van der Waals surface area (Å²) in [5.41, 5.74) is -0.356. The van der Waals surface area contributed by atoms with Crippen LogP contribution in [0.4, 0.5) is 0 Å². The summed E-state index contributed by atoms with van der Waals surface area (Å²) in [6, 6.07) is 0. The van der Waals surface area contributed by atoms with E-state index in [1.165, 1.54) is 0 Å². The number of ketones is 1. The van der Waals surface area contributed by atoms with Crippen molar-refractivity contribution < 1.29 is 14.3 Å². The molecule has 0 aromatic heterocycles. The third kappa shape index (κ3) is 1.84. The summed E-state index contributed by atoms with van der Waals surface area (Å²) in [5.74, 6) is 0.217. The lowest BCUT2D eigenvalue weighted by Gasteiger charge is -2.49. The first kappa shape index (κ1) is 12.1. The molecule has 1 fully saturated rings. The third-order valence-corrected chi connectivity index (χ3v) is 3.92. The number of ether oxygens (including phenoxy) is 1. The first-order valence-corrected chi connectivity index (χ1v) is 6.14. The second-order valence-electron chi connectivity index (χ2n) is 4.81. The predicted molar refractivity (Wildman–Crippen MR) is 64.2 cm³/mol. The van der Waals surface area contributed by atoms with E-state index in [0.29, 0.717) is 19.4 Å². The van der Waals surface area contributed by atoms with E-state index in [0.717, 1.165) is 6.42 Å². The van der Waals surface area contributed by atoms with Gasteiger partial charge in [-0.2, -0.15) is 0 Å². The van der Waals surface area contributed by atoms with Crippen LogP contribution in [-0.2, 0) is 14.3 Å². The van der Waals surface area contributed by atoms with E-state index in [2.05, 4.69) is 6.58 Å². The molecule has 0 radical (unpaired) electrons. The smallest absolute Gasteiger partial charge is 0.312 e. The highest BCUT2D eigenvalue weighted by Gasteiger charge is 2.54. The largest absolute Gasteiger partial charge is 0.466 e. The molecule has 3 heteroatoms. The number of fused-ring (bicyclic) bond motifs is 1. The summed E-state index contributed by atoms with van der Waals surface area (Å²) in [6.07, 6.45) is 7.55. The fourth-order valence-corrected chi connectivity index (χ4v) is 2.90. The van der Waals surface area contributed by atoms with Gasteiger partial charge in [-0.3, -0.25) is 9.59 Å². The fourth-order valence-electron chi connectivity index (χ4n) is 2.90. The molecule has 0 amide bonds. The van der Waals surface area contributed by atoms with Gasteiger partial charge in [-0.1, -0.05) is 18.2 Å². The second-order valence-corrected chi connectivity index (χ2v) is 4.81. The van der Waals surface area contributed by atoms with Crippen LogP contribution in [-0.4, -0.2) is 18.4 Å². The average Bonchev–Trinajstić information content (AvgIpc) is 2.31. The third-order valence-electron chi connectivity index (χ3n) is 3.92. The second kappa shape index (κ2) is 4.47. The Bertz CT molecular complexity index is 383. The van der Waals surface area contributed by atoms with Crippen molar-refractivity contribution in [3.8, 4) is 0 Å². The Hall–Kier alpha value is -1.38. The molecule has 0 heterocycles. The number of Topliss-reactive ketones (excluding diaryl/α,β-unsaturated/α-hetero) is 1. The number of hydrogen-bond acceptors (Lipinski definition) is 3. The molecule has 17 heavy (non-hydrogen) atoms. The molecule has 92 valence electrons. The number of rotatable bonds is 4. The maximum absolute atomic E-state index is 11.8. The minimum atomic E-state index is -0.356. The molecule has 0 unspecified atom stereocenters. The lowest BCUT2D eigenvalue weighted by atomic mass is 9.53. The zero-order chi connectivity index (χ0) is 12.5. The van der Waals surface area contributed by atoms with Crippen LogP contribution in [0.1, 0.15) is 26.2 Å². The van der Waals surface area contributed by atoms with Gasteiger partial charge in [0.1, 0.15) is 5.78 Å². The van der Waals surface area contributed by atoms with Crippen molar-refractivity contribution in [2.24, 2.45) is 17.3 Å². The zero-order valence-corrected chi connectivity index (χ0v) is 10.1. The SMILES string of the molecule is C=CC[C@]12C=C[C@H](C(=O)OCC)C[C@H]1CC2=O. The van der Waals surface area contributed by atoms with E-state index >= 15 is 0 Å². The summed E-state index contributed by atoms with van der Waals surface area (Å²) in [6.45, 7) is 5.92. The zero-order valence-electron chi connectivity index (χ0n) is 10.1. The summed E-state index contributed by atoms with van der Waals surface area (Å²) in [4.78, 5) is 23.4. The molecule has 0 aliphatic heterocycles. The molecule has 0 spiro atoms. The van der Waals surface area contributed by atoms with E-state index < -0.39 is 0 Å². The van der Waals surface area contributed by atoms with Crippen LogP contribution in [0.5, 0.6) is 0 Å². The number of hydrogen-bond donors (Lipinski definition) is 0. The van der Waals surface area contributed by atoms with Gasteiger partial charge in [-0.25, -0.2) is 0 Å². The van der Waals surface area contributed by atoms with Gasteiger partial charge >= 0.3 is 5.97 Å². The molecule has 0 N–H and O–H groups in total. The van der Waals surface area contributed by atoms with Crippen LogP contribution >= 0.6 is 0 Å². The van der Waals surface area contributed by atoms with E-state index in [-0.39, 0.29) is 29.0 Å². The number of carbonyl (C=O) groups excluding carboxylic acids is 2. The van der Waals surface area contributed by atoms with E-state index in [1.54, 1.807) is 13.0 Å². The van der Waals surface area contributed by atoms with E-state index in [1.807, 2.05) is 12.2 Å². The number of allylic oxidation sites excluding steroid dienone is 2. The normalized spacial score (nSPS) is 34.8. The van der Waals surface area contributed by atoms with Gasteiger partial charge in [-0.05, 0) is 25.7 Å².